The van der Waals surface area contributed by atoms with Crippen molar-refractivity contribution in [3.05, 3.63) is 59.1 Å². The fraction of sp³-hybridized carbons (Fsp3) is 0.368. The second-order valence-electron chi connectivity index (χ2n) is 6.81. The number of nitrogens with zero attached hydrogens (tertiary/aromatic N) is 4. The van der Waals surface area contributed by atoms with Crippen LogP contribution < -0.4 is 5.32 Å². The van der Waals surface area contributed by atoms with Gasteiger partial charge in [-0.2, -0.15) is 5.10 Å². The minimum absolute atomic E-state index is 0.0695. The number of hydrogen-bond acceptors (Lipinski definition) is 5. The zero-order valence-corrected chi connectivity index (χ0v) is 15.6. The highest BCUT2D eigenvalue weighted by Crippen LogP contribution is 2.30. The van der Waals surface area contributed by atoms with E-state index in [1.165, 1.54) is 0 Å². The molecule has 0 unspecified atom stereocenters. The lowest BCUT2D eigenvalue weighted by molar-refractivity contribution is -0.00697. The van der Waals surface area contributed by atoms with Gasteiger partial charge >= 0.3 is 0 Å². The highest BCUT2D eigenvalue weighted by atomic mass is 16.5. The molecule has 0 radical (unpaired) electrons. The Kier molecular flexibility index (Phi) is 4.49. The molecular formula is C19H22N6O2. The molecule has 2 atom stereocenters. The van der Waals surface area contributed by atoms with Crippen molar-refractivity contribution in [2.75, 3.05) is 0 Å². The maximum atomic E-state index is 12.6. The molecule has 1 aliphatic rings. The summed E-state index contributed by atoms with van der Waals surface area (Å²) in [5, 5.41) is 10.1. The molecule has 3 aromatic heterocycles. The van der Waals surface area contributed by atoms with Gasteiger partial charge in [0.15, 0.2) is 5.69 Å². The van der Waals surface area contributed by atoms with Crippen LogP contribution in [0.15, 0.2) is 30.7 Å². The minimum atomic E-state index is -0.191. The fourth-order valence-corrected chi connectivity index (χ4v) is 3.41. The average molecular weight is 366 g/mol. The van der Waals surface area contributed by atoms with Crippen LogP contribution in [0.25, 0.3) is 5.82 Å². The molecule has 0 saturated heterocycles. The molecule has 0 aromatic carbocycles. The van der Waals surface area contributed by atoms with E-state index < -0.39 is 0 Å². The van der Waals surface area contributed by atoms with E-state index >= 15 is 0 Å². The molecule has 0 spiro atoms. The fourth-order valence-electron chi connectivity index (χ4n) is 3.41. The third kappa shape index (κ3) is 3.35. The summed E-state index contributed by atoms with van der Waals surface area (Å²) in [5.74, 6) is 1.48. The van der Waals surface area contributed by atoms with Crippen molar-refractivity contribution < 1.29 is 9.53 Å². The van der Waals surface area contributed by atoms with Gasteiger partial charge in [-0.25, -0.2) is 9.97 Å². The summed E-state index contributed by atoms with van der Waals surface area (Å²) in [6.45, 7) is 6.28. The van der Waals surface area contributed by atoms with E-state index in [0.29, 0.717) is 18.7 Å². The molecule has 1 amide bonds. The first-order chi connectivity index (χ1) is 13.0. The predicted molar refractivity (Wildman–Crippen MR) is 98.5 cm³/mol. The monoisotopic (exact) mass is 366 g/mol. The maximum absolute atomic E-state index is 12.6. The molecular weight excluding hydrogens is 344 g/mol. The quantitative estimate of drug-likeness (QED) is 0.738. The number of nitrogens with one attached hydrogen (secondary N) is 2. The molecule has 0 saturated carbocycles. The normalized spacial score (nSPS) is 18.9. The molecule has 0 aliphatic carbocycles. The minimum Gasteiger partial charge on any atom is -0.369 e. The largest absolute Gasteiger partial charge is 0.369 e. The van der Waals surface area contributed by atoms with Gasteiger partial charge < -0.3 is 10.1 Å². The first-order valence-corrected chi connectivity index (χ1v) is 8.99. The highest BCUT2D eigenvalue weighted by Gasteiger charge is 2.29. The molecule has 4 rings (SSSR count). The lowest BCUT2D eigenvalue weighted by Gasteiger charge is -2.25. The molecule has 140 valence electrons. The Bertz CT molecular complexity index is 959. The van der Waals surface area contributed by atoms with Crippen LogP contribution in [-0.2, 0) is 17.7 Å². The van der Waals surface area contributed by atoms with Crippen LogP contribution in [0.4, 0.5) is 0 Å². The summed E-state index contributed by atoms with van der Waals surface area (Å²) >= 11 is 0. The molecule has 1 aliphatic heterocycles. The molecule has 2 N–H and O–H groups in total. The van der Waals surface area contributed by atoms with Gasteiger partial charge in [0.05, 0.1) is 17.9 Å². The lowest BCUT2D eigenvalue weighted by Crippen LogP contribution is -2.27. The summed E-state index contributed by atoms with van der Waals surface area (Å²) in [6, 6.07) is 3.85. The SMILES string of the molecule is Cc1nccn1-c1ccc(CNC(=O)c2n[nH]c3c2C[C@@H](C)O[C@H]3C)cn1. The van der Waals surface area contributed by atoms with Crippen LogP contribution in [0, 0.1) is 6.92 Å². The molecule has 8 heteroatoms. The van der Waals surface area contributed by atoms with Gasteiger partial charge in [-0.3, -0.25) is 14.5 Å². The number of aromatic amines is 1. The number of pyridine rings is 1. The Morgan fingerprint density at radius 3 is 2.93 bits per heavy atom. The molecule has 8 nitrogen and oxygen atoms in total. The van der Waals surface area contributed by atoms with Gasteiger partial charge in [0.1, 0.15) is 11.6 Å². The van der Waals surface area contributed by atoms with E-state index in [2.05, 4.69) is 25.5 Å². The molecule has 27 heavy (non-hydrogen) atoms. The average Bonchev–Trinajstić information content (AvgIpc) is 3.26. The number of carbonyl (C=O) groups is 1. The molecule has 3 aromatic rings. The number of rotatable bonds is 4. The van der Waals surface area contributed by atoms with Gasteiger partial charge in [-0.1, -0.05) is 6.07 Å². The highest BCUT2D eigenvalue weighted by molar-refractivity contribution is 5.94. The van der Waals surface area contributed by atoms with Gasteiger partial charge in [-0.05, 0) is 32.4 Å². The third-order valence-corrected chi connectivity index (χ3v) is 4.78. The van der Waals surface area contributed by atoms with E-state index in [-0.39, 0.29) is 18.1 Å². The topological polar surface area (TPSA) is 97.7 Å². The summed E-state index contributed by atoms with van der Waals surface area (Å²) in [6.07, 6.45) is 6.03. The van der Waals surface area contributed by atoms with Crippen LogP contribution in [0.1, 0.15) is 53.1 Å². The summed E-state index contributed by atoms with van der Waals surface area (Å²) in [7, 11) is 0. The van der Waals surface area contributed by atoms with Crippen LogP contribution in [-0.4, -0.2) is 36.7 Å². The second-order valence-corrected chi connectivity index (χ2v) is 6.81. The zero-order chi connectivity index (χ0) is 19.0. The molecule has 0 fully saturated rings. The zero-order valence-electron chi connectivity index (χ0n) is 15.6. The van der Waals surface area contributed by atoms with Crippen molar-refractivity contribution >= 4 is 5.91 Å². The van der Waals surface area contributed by atoms with Crippen molar-refractivity contribution in [1.82, 2.24) is 30.0 Å². The summed E-state index contributed by atoms with van der Waals surface area (Å²) in [5.41, 5.74) is 3.20. The second kappa shape index (κ2) is 6.96. The van der Waals surface area contributed by atoms with E-state index in [9.17, 15) is 4.79 Å². The van der Waals surface area contributed by atoms with Crippen LogP contribution in [0.5, 0.6) is 0 Å². The number of aromatic nitrogens is 5. The van der Waals surface area contributed by atoms with Crippen molar-refractivity contribution in [1.29, 1.82) is 0 Å². The number of hydrogen-bond donors (Lipinski definition) is 2. The summed E-state index contributed by atoms with van der Waals surface area (Å²) in [4.78, 5) is 21.2. The maximum Gasteiger partial charge on any atom is 0.272 e. The Morgan fingerprint density at radius 2 is 2.22 bits per heavy atom. The van der Waals surface area contributed by atoms with Gasteiger partial charge in [0, 0.05) is 37.1 Å². The molecule has 0 bridgehead atoms. The number of carbonyl (C=O) groups excluding carboxylic acids is 1. The van der Waals surface area contributed by atoms with E-state index in [4.69, 9.17) is 4.74 Å². The third-order valence-electron chi connectivity index (χ3n) is 4.78. The first-order valence-electron chi connectivity index (χ1n) is 8.99. The lowest BCUT2D eigenvalue weighted by atomic mass is 9.99. The van der Waals surface area contributed by atoms with E-state index in [1.807, 2.05) is 43.7 Å². The number of fused-ring (bicyclic) bond motifs is 1. The Labute approximate surface area is 157 Å². The predicted octanol–water partition coefficient (Wildman–Crippen LogP) is 2.25. The van der Waals surface area contributed by atoms with Crippen LogP contribution in [0.2, 0.25) is 0 Å². The van der Waals surface area contributed by atoms with Crippen LogP contribution >= 0.6 is 0 Å². The van der Waals surface area contributed by atoms with E-state index in [0.717, 1.165) is 28.5 Å². The van der Waals surface area contributed by atoms with Gasteiger partial charge in [-0.15, -0.1) is 0 Å². The Hall–Kier alpha value is -3.00. The summed E-state index contributed by atoms with van der Waals surface area (Å²) < 4.78 is 7.67. The van der Waals surface area contributed by atoms with Crippen LogP contribution in [0.3, 0.4) is 0 Å². The number of ether oxygens (including phenoxy) is 1. The smallest absolute Gasteiger partial charge is 0.272 e. The Morgan fingerprint density at radius 1 is 1.37 bits per heavy atom. The Balaban J connectivity index is 1.44. The molecule has 4 heterocycles. The van der Waals surface area contributed by atoms with Gasteiger partial charge in [0.2, 0.25) is 0 Å². The van der Waals surface area contributed by atoms with Gasteiger partial charge in [0.25, 0.3) is 5.91 Å². The van der Waals surface area contributed by atoms with Crippen molar-refractivity contribution in [3.8, 4) is 5.82 Å². The number of aryl methyl sites for hydroxylation is 1. The first kappa shape index (κ1) is 17.4. The number of H-pyrrole nitrogens is 1. The number of amides is 1. The van der Waals surface area contributed by atoms with Crippen molar-refractivity contribution in [2.24, 2.45) is 0 Å². The van der Waals surface area contributed by atoms with Crippen molar-refractivity contribution in [2.45, 2.75) is 45.9 Å². The van der Waals surface area contributed by atoms with Crippen molar-refractivity contribution in [3.63, 3.8) is 0 Å². The van der Waals surface area contributed by atoms with E-state index in [1.54, 1.807) is 12.4 Å². The number of imidazole rings is 1. The standard InChI is InChI=1S/C19H22N6O2/c1-11-8-15-17(12(2)27-11)23-24-18(15)19(26)22-10-14-4-5-16(21-9-14)25-7-6-20-13(25)3/h4-7,9,11-12H,8,10H2,1-3H3,(H,22,26)(H,23,24)/t11-,12+/m1/s1.